The summed E-state index contributed by atoms with van der Waals surface area (Å²) in [6.45, 7) is 3.78. The van der Waals surface area contributed by atoms with E-state index in [1.807, 2.05) is 6.92 Å². The van der Waals surface area contributed by atoms with Gasteiger partial charge in [0.05, 0.1) is 12.1 Å². The maximum absolute atomic E-state index is 13.9. The number of nitrogens with one attached hydrogen (secondary N) is 1. The van der Waals surface area contributed by atoms with Crippen molar-refractivity contribution in [3.8, 4) is 0 Å². The molecule has 1 N–H and O–H groups in total. The number of aryl methyl sites for hydroxylation is 1. The van der Waals surface area contributed by atoms with Crippen molar-refractivity contribution >= 4 is 23.4 Å². The van der Waals surface area contributed by atoms with E-state index in [-0.39, 0.29) is 35.4 Å². The number of likely N-dealkylation sites (tertiary alicyclic amines) is 1. The zero-order valence-corrected chi connectivity index (χ0v) is 16.2. The lowest BCUT2D eigenvalue weighted by molar-refractivity contribution is -0.138. The molecule has 0 unspecified atom stereocenters. The fourth-order valence-corrected chi connectivity index (χ4v) is 3.55. The summed E-state index contributed by atoms with van der Waals surface area (Å²) < 4.78 is 32.9. The van der Waals surface area contributed by atoms with Gasteiger partial charge in [0.2, 0.25) is 11.8 Å². The molecule has 6 nitrogen and oxygen atoms in total. The average Bonchev–Trinajstić information content (AvgIpc) is 3.19. The van der Waals surface area contributed by atoms with Gasteiger partial charge in [0.15, 0.2) is 0 Å². The molecule has 1 aromatic carbocycles. The highest BCUT2D eigenvalue weighted by molar-refractivity contribution is 6.30. The molecular formula is C19H20ClF2N3O3. The first-order valence-electron chi connectivity index (χ1n) is 8.87. The van der Waals surface area contributed by atoms with Gasteiger partial charge in [-0.15, -0.1) is 0 Å². The molecule has 0 aliphatic carbocycles. The molecule has 0 radical (unpaired) electrons. The first-order valence-corrected chi connectivity index (χ1v) is 9.25. The Hall–Kier alpha value is -2.48. The topological polar surface area (TPSA) is 75.4 Å². The summed E-state index contributed by atoms with van der Waals surface area (Å²) in [5, 5.41) is 6.21. The standard InChI is InChI=1S/C19H20ClF2N3O3/c1-10-3-17(25(9-10)18(26)7-13-4-11(2)24-28-13)19(27)23-8-14-15(21)5-12(20)6-16(14)22/h4-6,10,17H,3,7-9H2,1-2H3,(H,23,27)/t10-,17+/m1/s1. The molecule has 150 valence electrons. The molecule has 1 aliphatic rings. The molecule has 3 rings (SSSR count). The Morgan fingerprint density at radius 3 is 2.61 bits per heavy atom. The second-order valence-electron chi connectivity index (χ2n) is 7.08. The van der Waals surface area contributed by atoms with Gasteiger partial charge in [-0.1, -0.05) is 23.7 Å². The van der Waals surface area contributed by atoms with Gasteiger partial charge >= 0.3 is 0 Å². The predicted molar refractivity (Wildman–Crippen MR) is 97.4 cm³/mol. The van der Waals surface area contributed by atoms with E-state index in [4.69, 9.17) is 16.1 Å². The highest BCUT2D eigenvalue weighted by atomic mass is 35.5. The minimum Gasteiger partial charge on any atom is -0.361 e. The van der Waals surface area contributed by atoms with Crippen LogP contribution in [0.25, 0.3) is 0 Å². The van der Waals surface area contributed by atoms with E-state index in [0.29, 0.717) is 24.4 Å². The number of aromatic nitrogens is 1. The molecule has 0 saturated carbocycles. The Labute approximate surface area is 165 Å². The maximum atomic E-state index is 13.9. The van der Waals surface area contributed by atoms with Crippen LogP contribution in [0.1, 0.15) is 30.4 Å². The molecule has 2 atom stereocenters. The number of hydrogen-bond donors (Lipinski definition) is 1. The van der Waals surface area contributed by atoms with Gasteiger partial charge in [-0.25, -0.2) is 8.78 Å². The first-order chi connectivity index (χ1) is 13.2. The van der Waals surface area contributed by atoms with Gasteiger partial charge in [0, 0.05) is 29.7 Å². The van der Waals surface area contributed by atoms with Crippen LogP contribution >= 0.6 is 11.6 Å². The highest BCUT2D eigenvalue weighted by Crippen LogP contribution is 2.25. The van der Waals surface area contributed by atoms with Gasteiger partial charge in [-0.05, 0) is 31.4 Å². The van der Waals surface area contributed by atoms with Crippen LogP contribution in [-0.2, 0) is 22.6 Å². The van der Waals surface area contributed by atoms with Crippen molar-refractivity contribution in [1.29, 1.82) is 0 Å². The maximum Gasteiger partial charge on any atom is 0.243 e. The molecule has 1 aromatic heterocycles. The number of hydrogen-bond acceptors (Lipinski definition) is 4. The summed E-state index contributed by atoms with van der Waals surface area (Å²) in [5.74, 6) is -1.84. The summed E-state index contributed by atoms with van der Waals surface area (Å²) in [6, 6.07) is 2.93. The minimum atomic E-state index is -0.835. The Morgan fingerprint density at radius 2 is 2.00 bits per heavy atom. The summed E-state index contributed by atoms with van der Waals surface area (Å²) in [5.41, 5.74) is 0.387. The molecule has 28 heavy (non-hydrogen) atoms. The lowest BCUT2D eigenvalue weighted by atomic mass is 10.1. The van der Waals surface area contributed by atoms with Gasteiger partial charge < -0.3 is 14.7 Å². The van der Waals surface area contributed by atoms with Crippen LogP contribution in [0.15, 0.2) is 22.7 Å². The van der Waals surface area contributed by atoms with Crippen LogP contribution in [0.3, 0.4) is 0 Å². The molecule has 2 heterocycles. The number of amides is 2. The van der Waals surface area contributed by atoms with Crippen LogP contribution in [0, 0.1) is 24.5 Å². The molecule has 0 spiro atoms. The van der Waals surface area contributed by atoms with Gasteiger partial charge in [0.1, 0.15) is 23.4 Å². The molecule has 0 bridgehead atoms. The number of carbonyl (C=O) groups is 2. The van der Waals surface area contributed by atoms with Crippen molar-refractivity contribution < 1.29 is 22.9 Å². The Kier molecular flexibility index (Phi) is 5.98. The van der Waals surface area contributed by atoms with Crippen molar-refractivity contribution in [3.05, 3.63) is 51.9 Å². The van der Waals surface area contributed by atoms with Gasteiger partial charge in [-0.3, -0.25) is 9.59 Å². The monoisotopic (exact) mass is 411 g/mol. The molecular weight excluding hydrogens is 392 g/mol. The lowest BCUT2D eigenvalue weighted by Crippen LogP contribution is -2.46. The number of rotatable bonds is 5. The number of halogens is 3. The predicted octanol–water partition coefficient (Wildman–Crippen LogP) is 3.01. The van der Waals surface area contributed by atoms with Crippen molar-refractivity contribution in [2.45, 2.75) is 39.3 Å². The molecule has 1 aliphatic heterocycles. The quantitative estimate of drug-likeness (QED) is 0.820. The summed E-state index contributed by atoms with van der Waals surface area (Å²) >= 11 is 5.60. The Bertz CT molecular complexity index is 879. The SMILES string of the molecule is Cc1cc(CC(=O)N2C[C@H](C)C[C@H]2C(=O)NCc2c(F)cc(Cl)cc2F)on1. The lowest BCUT2D eigenvalue weighted by Gasteiger charge is -2.23. The van der Waals surface area contributed by atoms with Gasteiger partial charge in [0.25, 0.3) is 0 Å². The minimum absolute atomic E-state index is 0.00220. The number of carbonyl (C=O) groups excluding carboxylic acids is 2. The average molecular weight is 412 g/mol. The summed E-state index contributed by atoms with van der Waals surface area (Å²) in [7, 11) is 0. The fraction of sp³-hybridized carbons (Fsp3) is 0.421. The van der Waals surface area contributed by atoms with Crippen molar-refractivity contribution in [1.82, 2.24) is 15.4 Å². The summed E-state index contributed by atoms with van der Waals surface area (Å²) in [6.07, 6.45) is 0.469. The molecule has 2 aromatic rings. The highest BCUT2D eigenvalue weighted by Gasteiger charge is 2.38. The molecule has 9 heteroatoms. The second-order valence-corrected chi connectivity index (χ2v) is 7.52. The van der Waals surface area contributed by atoms with Crippen molar-refractivity contribution in [3.63, 3.8) is 0 Å². The number of nitrogens with zero attached hydrogens (tertiary/aromatic N) is 2. The number of benzene rings is 1. The van der Waals surface area contributed by atoms with E-state index in [1.54, 1.807) is 13.0 Å². The molecule has 1 fully saturated rings. The van der Waals surface area contributed by atoms with Crippen LogP contribution in [0.5, 0.6) is 0 Å². The van der Waals surface area contributed by atoms with Gasteiger partial charge in [-0.2, -0.15) is 0 Å². The smallest absolute Gasteiger partial charge is 0.243 e. The third kappa shape index (κ3) is 4.49. The van der Waals surface area contributed by atoms with E-state index in [0.717, 1.165) is 12.1 Å². The summed E-state index contributed by atoms with van der Waals surface area (Å²) in [4.78, 5) is 26.7. The normalized spacial score (nSPS) is 19.1. The third-order valence-electron chi connectivity index (χ3n) is 4.68. The van der Waals surface area contributed by atoms with E-state index in [1.165, 1.54) is 4.90 Å². The zero-order valence-electron chi connectivity index (χ0n) is 15.5. The molecule has 1 saturated heterocycles. The van der Waals surface area contributed by atoms with Crippen LogP contribution < -0.4 is 5.32 Å². The van der Waals surface area contributed by atoms with Crippen molar-refractivity contribution in [2.24, 2.45) is 5.92 Å². The van der Waals surface area contributed by atoms with Crippen LogP contribution in [-0.4, -0.2) is 34.5 Å². The molecule has 2 amide bonds. The van der Waals surface area contributed by atoms with Crippen molar-refractivity contribution in [2.75, 3.05) is 6.54 Å². The third-order valence-corrected chi connectivity index (χ3v) is 4.90. The van der Waals surface area contributed by atoms with E-state index in [2.05, 4.69) is 10.5 Å². The Morgan fingerprint density at radius 1 is 1.32 bits per heavy atom. The van der Waals surface area contributed by atoms with E-state index >= 15 is 0 Å². The van der Waals surface area contributed by atoms with Crippen LogP contribution in [0.2, 0.25) is 5.02 Å². The first kappa shape index (κ1) is 20.3. The van der Waals surface area contributed by atoms with E-state index < -0.39 is 23.6 Å². The second kappa shape index (κ2) is 8.26. The van der Waals surface area contributed by atoms with Crippen LogP contribution in [0.4, 0.5) is 8.78 Å². The zero-order chi connectivity index (χ0) is 20.4. The van der Waals surface area contributed by atoms with E-state index in [9.17, 15) is 18.4 Å². The fourth-order valence-electron chi connectivity index (χ4n) is 3.35. The largest absolute Gasteiger partial charge is 0.361 e. The Balaban J connectivity index is 1.66.